The Morgan fingerprint density at radius 3 is 2.57 bits per heavy atom. The second-order valence-electron chi connectivity index (χ2n) is 9.98. The number of rotatable bonds is 5. The smallest absolute Gasteiger partial charge is 0.414 e. The lowest BCUT2D eigenvalue weighted by Crippen LogP contribution is -2.45. The minimum absolute atomic E-state index is 0.0555. The molecule has 1 heterocycles. The van der Waals surface area contributed by atoms with Crippen molar-refractivity contribution in [2.45, 2.75) is 64.6 Å². The van der Waals surface area contributed by atoms with Gasteiger partial charge in [0.1, 0.15) is 12.9 Å². The van der Waals surface area contributed by atoms with Crippen LogP contribution in [0.2, 0.25) is 18.1 Å². The summed E-state index contributed by atoms with van der Waals surface area (Å²) in [5.74, 6) is 0.841. The second kappa shape index (κ2) is 7.69. The number of ether oxygens (including phenoxy) is 1. The summed E-state index contributed by atoms with van der Waals surface area (Å²) in [6, 6.07) is 0. The average Bonchev–Trinajstić information content (AvgIpc) is 3.04. The number of cyclic esters (lactones) is 1. The zero-order valence-corrected chi connectivity index (χ0v) is 19.0. The van der Waals surface area contributed by atoms with Gasteiger partial charge in [0.2, 0.25) is 8.32 Å². The van der Waals surface area contributed by atoms with E-state index in [4.69, 9.17) is 9.16 Å². The summed E-state index contributed by atoms with van der Waals surface area (Å²) in [5, 5.41) is 0.0555. The maximum atomic E-state index is 12.3. The van der Waals surface area contributed by atoms with E-state index in [0.29, 0.717) is 18.9 Å². The molecule has 0 aromatic heterocycles. The number of hydrogen-bond donors (Lipinski definition) is 0. The number of aldehydes is 1. The van der Waals surface area contributed by atoms with Crippen LogP contribution in [0.1, 0.15) is 46.5 Å². The van der Waals surface area contributed by atoms with Gasteiger partial charge in [0, 0.05) is 23.5 Å². The molecule has 2 fully saturated rings. The van der Waals surface area contributed by atoms with Gasteiger partial charge in [0.25, 0.3) is 0 Å². The molecule has 0 radical (unpaired) electrons. The lowest BCUT2D eigenvalue weighted by Gasteiger charge is -2.46. The third kappa shape index (κ3) is 3.80. The maximum Gasteiger partial charge on any atom is 0.414 e. The number of nitrogens with zero attached hydrogens (tertiary/aromatic N) is 1. The molecule has 0 bridgehead atoms. The average molecular weight is 406 g/mol. The molecular formula is C22H35NO4Si. The molecule has 1 aliphatic heterocycles. The molecule has 156 valence electrons. The number of hydrogen-bond acceptors (Lipinski definition) is 4. The van der Waals surface area contributed by atoms with E-state index < -0.39 is 8.32 Å². The van der Waals surface area contributed by atoms with Gasteiger partial charge in [-0.15, -0.1) is 0 Å². The second-order valence-corrected chi connectivity index (χ2v) is 14.7. The zero-order chi connectivity index (χ0) is 20.7. The fraction of sp³-hybridized carbons (Fsp3) is 0.727. The van der Waals surface area contributed by atoms with E-state index in [0.717, 1.165) is 37.7 Å². The predicted octanol–water partition coefficient (Wildman–Crippen LogP) is 5.11. The minimum atomic E-state index is -2.05. The standard InChI is InChI=1S/C22H35NO4Si/c1-15(27-28(5,6)22(2,3)4)18-13-20(23-11-12-26-21(23)25)17-10-8-7-9-16(17)19(18)14-24/h13-14,16-19H,1,7-12H2,2-6H3/t16-,17-,18+,19+/m1/s1. The zero-order valence-electron chi connectivity index (χ0n) is 18.0. The summed E-state index contributed by atoms with van der Waals surface area (Å²) >= 11 is 0. The molecule has 0 N–H and O–H groups in total. The molecule has 3 rings (SSSR count). The van der Waals surface area contributed by atoms with Crippen LogP contribution in [0.4, 0.5) is 4.79 Å². The number of carbonyl (C=O) groups is 2. The van der Waals surface area contributed by atoms with Crippen molar-refractivity contribution in [1.82, 2.24) is 4.90 Å². The van der Waals surface area contributed by atoms with Gasteiger partial charge in [-0.1, -0.05) is 46.3 Å². The van der Waals surface area contributed by atoms with E-state index in [1.165, 1.54) is 0 Å². The Labute approximate surface area is 170 Å². The van der Waals surface area contributed by atoms with Gasteiger partial charge >= 0.3 is 6.09 Å². The Morgan fingerprint density at radius 1 is 1.32 bits per heavy atom. The first-order chi connectivity index (χ1) is 13.1. The third-order valence-corrected chi connectivity index (χ3v) is 11.6. The Kier molecular flexibility index (Phi) is 5.81. The van der Waals surface area contributed by atoms with Crippen molar-refractivity contribution >= 4 is 20.7 Å². The van der Waals surface area contributed by atoms with E-state index in [9.17, 15) is 9.59 Å². The highest BCUT2D eigenvalue weighted by molar-refractivity contribution is 6.74. The van der Waals surface area contributed by atoms with Crippen LogP contribution in [0.5, 0.6) is 0 Å². The summed E-state index contributed by atoms with van der Waals surface area (Å²) in [6.07, 6.45) is 7.22. The molecule has 28 heavy (non-hydrogen) atoms. The van der Waals surface area contributed by atoms with Gasteiger partial charge in [-0.2, -0.15) is 0 Å². The molecule has 5 nitrogen and oxygen atoms in total. The van der Waals surface area contributed by atoms with Crippen molar-refractivity contribution < 1.29 is 18.8 Å². The molecule has 0 aromatic carbocycles. The SMILES string of the molecule is C=C(O[Si](C)(C)C(C)(C)C)[C@@H]1C=C(N2CCOC2=O)[C@@H]2CCCC[C@H]2[C@@H]1C=O. The van der Waals surface area contributed by atoms with Crippen molar-refractivity contribution in [2.24, 2.45) is 23.7 Å². The summed E-state index contributed by atoms with van der Waals surface area (Å²) in [6.45, 7) is 16.3. The molecule has 6 heteroatoms. The van der Waals surface area contributed by atoms with Crippen LogP contribution in [-0.2, 0) is 14.0 Å². The summed E-state index contributed by atoms with van der Waals surface area (Å²) in [7, 11) is -2.05. The molecular weight excluding hydrogens is 370 g/mol. The maximum absolute atomic E-state index is 12.3. The summed E-state index contributed by atoms with van der Waals surface area (Å²) in [4.78, 5) is 26.2. The highest BCUT2D eigenvalue weighted by Gasteiger charge is 2.47. The molecule has 2 aliphatic carbocycles. The Bertz CT molecular complexity index is 679. The molecule has 1 amide bonds. The van der Waals surface area contributed by atoms with E-state index in [2.05, 4.69) is 46.5 Å². The molecule has 3 aliphatic rings. The van der Waals surface area contributed by atoms with Gasteiger partial charge in [-0.25, -0.2) is 4.79 Å². The fourth-order valence-corrected chi connectivity index (χ4v) is 5.73. The van der Waals surface area contributed by atoms with Crippen LogP contribution in [0, 0.1) is 23.7 Å². The number of amides is 1. The Morgan fingerprint density at radius 2 is 2.00 bits per heavy atom. The molecule has 0 unspecified atom stereocenters. The van der Waals surface area contributed by atoms with Crippen LogP contribution in [0.15, 0.2) is 24.1 Å². The largest absolute Gasteiger partial charge is 0.546 e. The number of allylic oxidation sites excluding steroid dienone is 2. The highest BCUT2D eigenvalue weighted by Crippen LogP contribution is 2.49. The van der Waals surface area contributed by atoms with Crippen LogP contribution >= 0.6 is 0 Å². The first-order valence-corrected chi connectivity index (χ1v) is 13.5. The minimum Gasteiger partial charge on any atom is -0.546 e. The lowest BCUT2D eigenvalue weighted by molar-refractivity contribution is -0.115. The van der Waals surface area contributed by atoms with Crippen molar-refractivity contribution in [3.63, 3.8) is 0 Å². The van der Waals surface area contributed by atoms with E-state index >= 15 is 0 Å². The number of carbonyl (C=O) groups excluding carboxylic acids is 2. The van der Waals surface area contributed by atoms with Gasteiger partial charge in [0.15, 0.2) is 0 Å². The first-order valence-electron chi connectivity index (χ1n) is 10.6. The van der Waals surface area contributed by atoms with Gasteiger partial charge in [0.05, 0.1) is 12.3 Å². The topological polar surface area (TPSA) is 55.8 Å². The van der Waals surface area contributed by atoms with Crippen molar-refractivity contribution in [2.75, 3.05) is 13.2 Å². The lowest BCUT2D eigenvalue weighted by atomic mass is 9.63. The highest BCUT2D eigenvalue weighted by atomic mass is 28.4. The van der Waals surface area contributed by atoms with E-state index in [-0.39, 0.29) is 34.8 Å². The summed E-state index contributed by atoms with van der Waals surface area (Å²) < 4.78 is 11.7. The molecule has 4 atom stereocenters. The fourth-order valence-electron chi connectivity index (χ4n) is 4.63. The molecule has 1 saturated carbocycles. The third-order valence-electron chi connectivity index (χ3n) is 7.25. The van der Waals surface area contributed by atoms with Crippen molar-refractivity contribution in [1.29, 1.82) is 0 Å². The van der Waals surface area contributed by atoms with E-state index in [1.807, 2.05) is 0 Å². The van der Waals surface area contributed by atoms with E-state index in [1.54, 1.807) is 4.90 Å². The van der Waals surface area contributed by atoms with Gasteiger partial charge in [-0.05, 0) is 36.9 Å². The van der Waals surface area contributed by atoms with Crippen molar-refractivity contribution in [3.8, 4) is 0 Å². The molecule has 1 saturated heterocycles. The summed E-state index contributed by atoms with van der Waals surface area (Å²) in [5.41, 5.74) is 1.02. The van der Waals surface area contributed by atoms with Crippen molar-refractivity contribution in [3.05, 3.63) is 24.1 Å². The predicted molar refractivity (Wildman–Crippen MR) is 112 cm³/mol. The van der Waals surface area contributed by atoms with Crippen LogP contribution in [0.25, 0.3) is 0 Å². The Hall–Kier alpha value is -1.56. The number of fused-ring (bicyclic) bond motifs is 1. The van der Waals surface area contributed by atoms with Crippen LogP contribution in [0.3, 0.4) is 0 Å². The van der Waals surface area contributed by atoms with Gasteiger partial charge in [-0.3, -0.25) is 4.90 Å². The Balaban J connectivity index is 1.96. The molecule has 0 aromatic rings. The van der Waals surface area contributed by atoms with Crippen LogP contribution < -0.4 is 0 Å². The normalized spacial score (nSPS) is 31.0. The monoisotopic (exact) mass is 405 g/mol. The van der Waals surface area contributed by atoms with Gasteiger partial charge < -0.3 is 14.0 Å². The first kappa shape index (κ1) is 21.2. The van der Waals surface area contributed by atoms with Crippen LogP contribution in [-0.4, -0.2) is 38.7 Å². The quantitative estimate of drug-likeness (QED) is 0.362. The molecule has 0 spiro atoms.